The molecular formula is C21H20ClNO3S. The molecule has 1 aromatic heterocycles. The Hall–Kier alpha value is -2.24. The van der Waals surface area contributed by atoms with Gasteiger partial charge in [-0.1, -0.05) is 36.7 Å². The smallest absolute Gasteiger partial charge is 0.336 e. The van der Waals surface area contributed by atoms with Crippen molar-refractivity contribution in [2.45, 2.75) is 26.0 Å². The largest absolute Gasteiger partial charge is 0.423 e. The van der Waals surface area contributed by atoms with E-state index in [1.165, 1.54) is 17.8 Å². The Labute approximate surface area is 166 Å². The summed E-state index contributed by atoms with van der Waals surface area (Å²) in [5.74, 6) is 0.724. The molecule has 1 amide bonds. The summed E-state index contributed by atoms with van der Waals surface area (Å²) in [4.78, 5) is 24.1. The van der Waals surface area contributed by atoms with Gasteiger partial charge in [-0.05, 0) is 48.2 Å². The fourth-order valence-corrected chi connectivity index (χ4v) is 3.77. The van der Waals surface area contributed by atoms with E-state index in [-0.39, 0.29) is 17.3 Å². The highest BCUT2D eigenvalue weighted by Crippen LogP contribution is 2.24. The van der Waals surface area contributed by atoms with Crippen molar-refractivity contribution < 1.29 is 9.21 Å². The number of halogens is 1. The first-order valence-electron chi connectivity index (χ1n) is 8.65. The molecule has 0 aliphatic carbocycles. The van der Waals surface area contributed by atoms with Crippen LogP contribution in [0.5, 0.6) is 0 Å². The van der Waals surface area contributed by atoms with Crippen molar-refractivity contribution >= 4 is 45.9 Å². The van der Waals surface area contributed by atoms with Crippen molar-refractivity contribution in [3.63, 3.8) is 0 Å². The van der Waals surface area contributed by atoms with Crippen LogP contribution in [-0.2, 0) is 17.0 Å². The van der Waals surface area contributed by atoms with Crippen molar-refractivity contribution in [3.05, 3.63) is 74.6 Å². The fraction of sp³-hybridized carbons (Fsp3) is 0.238. The summed E-state index contributed by atoms with van der Waals surface area (Å²) in [5, 5.41) is 4.37. The fourth-order valence-electron chi connectivity index (χ4n) is 2.78. The SMILES string of the molecule is CCc1ccc2c(CSCC(=O)Nc3cc(Cl)ccc3C)cc(=O)oc2c1. The van der Waals surface area contributed by atoms with Crippen LogP contribution in [0.2, 0.25) is 5.02 Å². The highest BCUT2D eigenvalue weighted by atomic mass is 35.5. The van der Waals surface area contributed by atoms with E-state index in [0.717, 1.165) is 28.5 Å². The molecule has 0 fully saturated rings. The molecule has 0 unspecified atom stereocenters. The Morgan fingerprint density at radius 2 is 2.00 bits per heavy atom. The molecule has 6 heteroatoms. The van der Waals surface area contributed by atoms with Crippen molar-refractivity contribution in [2.75, 3.05) is 11.1 Å². The molecule has 0 radical (unpaired) electrons. The number of thioether (sulfide) groups is 1. The maximum Gasteiger partial charge on any atom is 0.336 e. The molecule has 140 valence electrons. The average molecular weight is 402 g/mol. The van der Waals surface area contributed by atoms with Crippen LogP contribution in [0.25, 0.3) is 11.0 Å². The topological polar surface area (TPSA) is 59.3 Å². The molecule has 0 aliphatic heterocycles. The van der Waals surface area contributed by atoms with Gasteiger partial charge in [0, 0.05) is 27.9 Å². The number of aryl methyl sites for hydroxylation is 2. The normalized spacial score (nSPS) is 10.9. The zero-order valence-electron chi connectivity index (χ0n) is 15.2. The van der Waals surface area contributed by atoms with Gasteiger partial charge in [0.15, 0.2) is 0 Å². The third-order valence-electron chi connectivity index (χ3n) is 4.27. The summed E-state index contributed by atoms with van der Waals surface area (Å²) in [7, 11) is 0. The van der Waals surface area contributed by atoms with Gasteiger partial charge in [0.05, 0.1) is 5.75 Å². The Morgan fingerprint density at radius 1 is 1.19 bits per heavy atom. The summed E-state index contributed by atoms with van der Waals surface area (Å²) >= 11 is 7.43. The number of carbonyl (C=O) groups excluding carboxylic acids is 1. The molecule has 0 spiro atoms. The van der Waals surface area contributed by atoms with Gasteiger partial charge in [0.2, 0.25) is 5.91 Å². The molecule has 0 atom stereocenters. The van der Waals surface area contributed by atoms with Crippen LogP contribution >= 0.6 is 23.4 Å². The van der Waals surface area contributed by atoms with Crippen LogP contribution in [0.15, 0.2) is 51.7 Å². The zero-order chi connectivity index (χ0) is 19.4. The van der Waals surface area contributed by atoms with E-state index in [4.69, 9.17) is 16.0 Å². The standard InChI is InChI=1S/C21H20ClNO3S/c1-3-14-5-7-17-15(9-21(25)26-19(17)8-14)11-27-12-20(24)23-18-10-16(22)6-4-13(18)2/h4-10H,3,11-12H2,1-2H3,(H,23,24). The van der Waals surface area contributed by atoms with Crippen molar-refractivity contribution in [3.8, 4) is 0 Å². The van der Waals surface area contributed by atoms with Crippen LogP contribution in [-0.4, -0.2) is 11.7 Å². The highest BCUT2D eigenvalue weighted by molar-refractivity contribution is 7.99. The van der Waals surface area contributed by atoms with Crippen LogP contribution < -0.4 is 10.9 Å². The van der Waals surface area contributed by atoms with Gasteiger partial charge >= 0.3 is 5.63 Å². The summed E-state index contributed by atoms with van der Waals surface area (Å²) in [6.45, 7) is 3.97. The van der Waals surface area contributed by atoms with Crippen LogP contribution in [0, 0.1) is 6.92 Å². The Morgan fingerprint density at radius 3 is 2.78 bits per heavy atom. The van der Waals surface area contributed by atoms with E-state index in [0.29, 0.717) is 22.0 Å². The predicted molar refractivity (Wildman–Crippen MR) is 113 cm³/mol. The number of amides is 1. The summed E-state index contributed by atoms with van der Waals surface area (Å²) in [6.07, 6.45) is 0.877. The minimum atomic E-state index is -0.370. The first-order chi connectivity index (χ1) is 13.0. The van der Waals surface area contributed by atoms with E-state index < -0.39 is 0 Å². The van der Waals surface area contributed by atoms with E-state index in [1.807, 2.05) is 31.2 Å². The summed E-state index contributed by atoms with van der Waals surface area (Å²) in [6, 6.07) is 12.8. The van der Waals surface area contributed by atoms with Crippen molar-refractivity contribution in [1.29, 1.82) is 0 Å². The first kappa shape index (κ1) is 19.5. The third-order valence-corrected chi connectivity index (χ3v) is 5.48. The Balaban J connectivity index is 1.67. The van der Waals surface area contributed by atoms with E-state index in [1.54, 1.807) is 12.1 Å². The van der Waals surface area contributed by atoms with Crippen molar-refractivity contribution in [2.24, 2.45) is 0 Å². The Kier molecular flexibility index (Phi) is 6.24. The molecule has 0 saturated carbocycles. The maximum atomic E-state index is 12.2. The van der Waals surface area contributed by atoms with Crippen LogP contribution in [0.1, 0.15) is 23.6 Å². The number of hydrogen-bond donors (Lipinski definition) is 1. The molecule has 1 heterocycles. The third kappa shape index (κ3) is 4.93. The quantitative estimate of drug-likeness (QED) is 0.577. The maximum absolute atomic E-state index is 12.2. The molecule has 0 saturated heterocycles. The minimum absolute atomic E-state index is 0.106. The number of fused-ring (bicyclic) bond motifs is 1. The van der Waals surface area contributed by atoms with E-state index in [2.05, 4.69) is 12.2 Å². The number of hydrogen-bond acceptors (Lipinski definition) is 4. The van der Waals surface area contributed by atoms with E-state index >= 15 is 0 Å². The molecule has 4 nitrogen and oxygen atoms in total. The minimum Gasteiger partial charge on any atom is -0.423 e. The van der Waals surface area contributed by atoms with Gasteiger partial charge in [-0.25, -0.2) is 4.79 Å². The molecular weight excluding hydrogens is 382 g/mol. The lowest BCUT2D eigenvalue weighted by atomic mass is 10.1. The molecule has 0 aliphatic rings. The van der Waals surface area contributed by atoms with Crippen molar-refractivity contribution in [1.82, 2.24) is 0 Å². The zero-order valence-corrected chi connectivity index (χ0v) is 16.7. The first-order valence-corrected chi connectivity index (χ1v) is 10.2. The molecule has 0 bridgehead atoms. The van der Waals surface area contributed by atoms with Crippen LogP contribution in [0.4, 0.5) is 5.69 Å². The lowest BCUT2D eigenvalue weighted by Crippen LogP contribution is -2.15. The second-order valence-electron chi connectivity index (χ2n) is 6.27. The van der Waals surface area contributed by atoms with Gasteiger partial charge in [-0.3, -0.25) is 4.79 Å². The highest BCUT2D eigenvalue weighted by Gasteiger charge is 2.09. The molecule has 1 N–H and O–H groups in total. The molecule has 3 aromatic rings. The van der Waals surface area contributed by atoms with E-state index in [9.17, 15) is 9.59 Å². The number of nitrogens with one attached hydrogen (secondary N) is 1. The molecule has 2 aromatic carbocycles. The predicted octanol–water partition coefficient (Wildman–Crippen LogP) is 5.19. The van der Waals surface area contributed by atoms with Gasteiger partial charge in [0.25, 0.3) is 0 Å². The molecule has 3 rings (SSSR count). The lowest BCUT2D eigenvalue weighted by Gasteiger charge is -2.09. The number of anilines is 1. The van der Waals surface area contributed by atoms with Gasteiger partial charge in [0.1, 0.15) is 5.58 Å². The van der Waals surface area contributed by atoms with Crippen LogP contribution in [0.3, 0.4) is 0 Å². The second-order valence-corrected chi connectivity index (χ2v) is 7.70. The second kappa shape index (κ2) is 8.63. The number of carbonyl (C=O) groups is 1. The average Bonchev–Trinajstić information content (AvgIpc) is 2.64. The summed E-state index contributed by atoms with van der Waals surface area (Å²) in [5.41, 5.74) is 3.89. The summed E-state index contributed by atoms with van der Waals surface area (Å²) < 4.78 is 5.32. The molecule has 27 heavy (non-hydrogen) atoms. The number of benzene rings is 2. The number of rotatable bonds is 6. The van der Waals surface area contributed by atoms with Gasteiger partial charge < -0.3 is 9.73 Å². The lowest BCUT2D eigenvalue weighted by molar-refractivity contribution is -0.113. The Bertz CT molecular complexity index is 1050. The van der Waals surface area contributed by atoms with Gasteiger partial charge in [-0.15, -0.1) is 11.8 Å². The monoisotopic (exact) mass is 401 g/mol. The van der Waals surface area contributed by atoms with Gasteiger partial charge in [-0.2, -0.15) is 0 Å².